The Balaban J connectivity index is 2.07. The molecule has 0 radical (unpaired) electrons. The monoisotopic (exact) mass is 351 g/mol. The van der Waals surface area contributed by atoms with Crippen LogP contribution in [0, 0.1) is 6.92 Å². The molecule has 0 amide bonds. The van der Waals surface area contributed by atoms with Crippen molar-refractivity contribution in [2.75, 3.05) is 0 Å². The SMILES string of the molecule is Cc1ccc(C(C)c2cnccc2SC(C)C(=O)O)c2ccccc12. The Hall–Kier alpha value is -2.33. The molecule has 3 rings (SSSR count). The molecule has 0 saturated heterocycles. The van der Waals surface area contributed by atoms with Crippen LogP contribution in [0.3, 0.4) is 0 Å². The molecule has 2 aromatic carbocycles. The van der Waals surface area contributed by atoms with E-state index in [1.165, 1.54) is 33.7 Å². The molecule has 25 heavy (non-hydrogen) atoms. The summed E-state index contributed by atoms with van der Waals surface area (Å²) in [7, 11) is 0. The first-order chi connectivity index (χ1) is 12.0. The minimum atomic E-state index is -0.804. The highest BCUT2D eigenvalue weighted by molar-refractivity contribution is 8.00. The van der Waals surface area contributed by atoms with Gasteiger partial charge in [-0.15, -0.1) is 11.8 Å². The number of carboxylic acid groups (broad SMARTS) is 1. The summed E-state index contributed by atoms with van der Waals surface area (Å²) in [5, 5.41) is 11.2. The molecule has 0 aliphatic heterocycles. The fourth-order valence-electron chi connectivity index (χ4n) is 3.09. The van der Waals surface area contributed by atoms with Crippen molar-refractivity contribution in [1.82, 2.24) is 4.98 Å². The second-order valence-corrected chi connectivity index (χ2v) is 7.63. The number of rotatable bonds is 5. The van der Waals surface area contributed by atoms with E-state index < -0.39 is 11.2 Å². The van der Waals surface area contributed by atoms with Crippen LogP contribution in [-0.2, 0) is 4.79 Å². The van der Waals surface area contributed by atoms with Crippen LogP contribution in [0.25, 0.3) is 10.8 Å². The van der Waals surface area contributed by atoms with Gasteiger partial charge in [0.15, 0.2) is 0 Å². The second kappa shape index (κ2) is 7.28. The Morgan fingerprint density at radius 3 is 2.48 bits per heavy atom. The molecule has 128 valence electrons. The molecule has 3 aromatic rings. The molecule has 0 fully saturated rings. The van der Waals surface area contributed by atoms with Gasteiger partial charge in [0.25, 0.3) is 0 Å². The minimum absolute atomic E-state index is 0.127. The van der Waals surface area contributed by atoms with Gasteiger partial charge < -0.3 is 5.11 Å². The third-order valence-corrected chi connectivity index (χ3v) is 5.75. The highest BCUT2D eigenvalue weighted by Crippen LogP contribution is 2.37. The van der Waals surface area contributed by atoms with E-state index in [2.05, 4.69) is 55.2 Å². The van der Waals surface area contributed by atoms with Crippen LogP contribution in [0.5, 0.6) is 0 Å². The number of aryl methyl sites for hydroxylation is 1. The summed E-state index contributed by atoms with van der Waals surface area (Å²) in [6.45, 7) is 5.99. The van der Waals surface area contributed by atoms with Crippen LogP contribution in [0.4, 0.5) is 0 Å². The zero-order chi connectivity index (χ0) is 18.0. The summed E-state index contributed by atoms with van der Waals surface area (Å²) in [6.07, 6.45) is 3.58. The van der Waals surface area contributed by atoms with E-state index in [1.807, 2.05) is 12.3 Å². The van der Waals surface area contributed by atoms with Crippen molar-refractivity contribution in [3.8, 4) is 0 Å². The third kappa shape index (κ3) is 3.54. The topological polar surface area (TPSA) is 50.2 Å². The van der Waals surface area contributed by atoms with Crippen molar-refractivity contribution in [3.05, 3.63) is 71.5 Å². The van der Waals surface area contributed by atoms with Crippen LogP contribution in [0.15, 0.2) is 59.8 Å². The van der Waals surface area contributed by atoms with Crippen LogP contribution in [0.2, 0.25) is 0 Å². The molecule has 1 aromatic heterocycles. The molecular weight excluding hydrogens is 330 g/mol. The maximum absolute atomic E-state index is 11.2. The van der Waals surface area contributed by atoms with Gasteiger partial charge in [-0.2, -0.15) is 0 Å². The number of hydrogen-bond acceptors (Lipinski definition) is 3. The summed E-state index contributed by atoms with van der Waals surface area (Å²) >= 11 is 1.37. The van der Waals surface area contributed by atoms with Crippen molar-refractivity contribution in [2.24, 2.45) is 0 Å². The molecule has 0 bridgehead atoms. The lowest BCUT2D eigenvalue weighted by molar-refractivity contribution is -0.136. The van der Waals surface area contributed by atoms with Gasteiger partial charge in [0.2, 0.25) is 0 Å². The molecule has 1 N–H and O–H groups in total. The molecule has 4 heteroatoms. The molecule has 1 heterocycles. The smallest absolute Gasteiger partial charge is 0.316 e. The van der Waals surface area contributed by atoms with Crippen LogP contribution < -0.4 is 0 Å². The lowest BCUT2D eigenvalue weighted by atomic mass is 9.89. The predicted molar refractivity (Wildman–Crippen MR) is 103 cm³/mol. The molecule has 0 aliphatic rings. The Labute approximate surface area is 152 Å². The first kappa shape index (κ1) is 17.5. The van der Waals surface area contributed by atoms with E-state index in [1.54, 1.807) is 13.1 Å². The fourth-order valence-corrected chi connectivity index (χ4v) is 4.07. The maximum Gasteiger partial charge on any atom is 0.316 e. The number of thioether (sulfide) groups is 1. The van der Waals surface area contributed by atoms with Gasteiger partial charge in [0.1, 0.15) is 5.25 Å². The van der Waals surface area contributed by atoms with Crippen molar-refractivity contribution in [3.63, 3.8) is 0 Å². The van der Waals surface area contributed by atoms with Crippen molar-refractivity contribution >= 4 is 28.5 Å². The highest BCUT2D eigenvalue weighted by Gasteiger charge is 2.20. The molecule has 2 unspecified atom stereocenters. The number of pyridine rings is 1. The van der Waals surface area contributed by atoms with E-state index in [-0.39, 0.29) is 5.92 Å². The Morgan fingerprint density at radius 1 is 1.04 bits per heavy atom. The van der Waals surface area contributed by atoms with E-state index in [4.69, 9.17) is 0 Å². The summed E-state index contributed by atoms with van der Waals surface area (Å²) in [5.74, 6) is -0.677. The van der Waals surface area contributed by atoms with Crippen LogP contribution in [0.1, 0.15) is 36.5 Å². The van der Waals surface area contributed by atoms with E-state index in [0.717, 1.165) is 10.5 Å². The molecular formula is C21H21NO2S. The third-order valence-electron chi connectivity index (χ3n) is 4.57. The largest absolute Gasteiger partial charge is 0.480 e. The number of carboxylic acids is 1. The van der Waals surface area contributed by atoms with E-state index in [9.17, 15) is 9.90 Å². The Kier molecular flexibility index (Phi) is 5.09. The van der Waals surface area contributed by atoms with Crippen molar-refractivity contribution in [2.45, 2.75) is 36.8 Å². The lowest BCUT2D eigenvalue weighted by Gasteiger charge is -2.19. The number of nitrogens with zero attached hydrogens (tertiary/aromatic N) is 1. The standard InChI is InChI=1S/C21H21NO2S/c1-13-8-9-17(18-7-5-4-6-16(13)18)14(2)19-12-22-11-10-20(19)25-15(3)21(23)24/h4-12,14-15H,1-3H3,(H,23,24). The molecule has 0 saturated carbocycles. The maximum atomic E-state index is 11.2. The van der Waals surface area contributed by atoms with Gasteiger partial charge in [-0.25, -0.2) is 0 Å². The first-order valence-corrected chi connectivity index (χ1v) is 9.18. The Bertz CT molecular complexity index is 923. The molecule has 0 spiro atoms. The van der Waals surface area contributed by atoms with Crippen LogP contribution >= 0.6 is 11.8 Å². The molecule has 2 atom stereocenters. The first-order valence-electron chi connectivity index (χ1n) is 8.30. The van der Waals surface area contributed by atoms with Crippen molar-refractivity contribution < 1.29 is 9.90 Å². The van der Waals surface area contributed by atoms with E-state index >= 15 is 0 Å². The summed E-state index contributed by atoms with van der Waals surface area (Å²) < 4.78 is 0. The summed E-state index contributed by atoms with van der Waals surface area (Å²) in [4.78, 5) is 16.5. The van der Waals surface area contributed by atoms with Gasteiger partial charge in [0.05, 0.1) is 0 Å². The fraction of sp³-hybridized carbons (Fsp3) is 0.238. The van der Waals surface area contributed by atoms with Gasteiger partial charge >= 0.3 is 5.97 Å². The summed E-state index contributed by atoms with van der Waals surface area (Å²) in [5.41, 5.74) is 3.56. The zero-order valence-electron chi connectivity index (χ0n) is 14.6. The molecule has 3 nitrogen and oxygen atoms in total. The number of hydrogen-bond donors (Lipinski definition) is 1. The number of aromatic nitrogens is 1. The normalized spacial score (nSPS) is 13.6. The van der Waals surface area contributed by atoms with Crippen LogP contribution in [-0.4, -0.2) is 21.3 Å². The number of aliphatic carboxylic acids is 1. The zero-order valence-corrected chi connectivity index (χ0v) is 15.4. The average Bonchev–Trinajstić information content (AvgIpc) is 2.62. The van der Waals surface area contributed by atoms with E-state index in [0.29, 0.717) is 0 Å². The van der Waals surface area contributed by atoms with Gasteiger partial charge in [-0.1, -0.05) is 43.3 Å². The number of fused-ring (bicyclic) bond motifs is 1. The Morgan fingerprint density at radius 2 is 1.76 bits per heavy atom. The summed E-state index contributed by atoms with van der Waals surface area (Å²) in [6, 6.07) is 14.6. The second-order valence-electron chi connectivity index (χ2n) is 6.25. The number of carbonyl (C=O) groups is 1. The highest BCUT2D eigenvalue weighted by atomic mass is 32.2. The van der Waals surface area contributed by atoms with Gasteiger partial charge in [-0.05, 0) is 47.4 Å². The number of benzene rings is 2. The minimum Gasteiger partial charge on any atom is -0.480 e. The average molecular weight is 351 g/mol. The lowest BCUT2D eigenvalue weighted by Crippen LogP contribution is -2.12. The predicted octanol–water partition coefficient (Wildman–Crippen LogP) is 5.26. The van der Waals surface area contributed by atoms with Gasteiger partial charge in [-0.3, -0.25) is 9.78 Å². The molecule has 0 aliphatic carbocycles. The quantitative estimate of drug-likeness (QED) is 0.637. The van der Waals surface area contributed by atoms with Gasteiger partial charge in [0, 0.05) is 23.2 Å². The van der Waals surface area contributed by atoms with Crippen molar-refractivity contribution in [1.29, 1.82) is 0 Å².